The predicted octanol–water partition coefficient (Wildman–Crippen LogP) is 5.16. The fourth-order valence-electron chi connectivity index (χ4n) is 1.54. The molecule has 0 aliphatic carbocycles. The van der Waals surface area contributed by atoms with Crippen molar-refractivity contribution < 1.29 is 14.5 Å². The zero-order valence-electron chi connectivity index (χ0n) is 10.2. The van der Waals surface area contributed by atoms with Crippen molar-refractivity contribution >= 4 is 46.8 Å². The second-order valence-corrected chi connectivity index (χ2v) is 5.12. The van der Waals surface area contributed by atoms with Gasteiger partial charge in [0, 0.05) is 17.7 Å². The lowest BCUT2D eigenvalue weighted by Crippen LogP contribution is -1.95. The minimum Gasteiger partial charge on any atom is -0.449 e. The molecule has 2 aromatic carbocycles. The van der Waals surface area contributed by atoms with Gasteiger partial charge in [-0.1, -0.05) is 34.8 Å². The lowest BCUT2D eigenvalue weighted by molar-refractivity contribution is -0.385. The number of nitro groups is 1. The third-order valence-electron chi connectivity index (χ3n) is 2.51. The molecule has 5 nitrogen and oxygen atoms in total. The molecular formula is C13H6Cl3NO4. The average Bonchev–Trinajstić information content (AvgIpc) is 2.44. The first-order chi connectivity index (χ1) is 9.92. The molecule has 0 radical (unpaired) electrons. The van der Waals surface area contributed by atoms with Crippen LogP contribution in [-0.4, -0.2) is 11.2 Å². The minimum absolute atomic E-state index is 0.0640. The van der Waals surface area contributed by atoms with Crippen molar-refractivity contribution in [2.45, 2.75) is 0 Å². The smallest absolute Gasteiger partial charge is 0.312 e. The molecule has 0 unspecified atom stereocenters. The first-order valence-electron chi connectivity index (χ1n) is 5.48. The number of aldehydes is 1. The molecule has 0 aliphatic heterocycles. The van der Waals surface area contributed by atoms with E-state index in [1.165, 1.54) is 24.3 Å². The molecule has 0 saturated heterocycles. The lowest BCUT2D eigenvalue weighted by atomic mass is 10.2. The molecule has 0 saturated carbocycles. The molecule has 0 aliphatic rings. The topological polar surface area (TPSA) is 69.4 Å². The molecule has 21 heavy (non-hydrogen) atoms. The summed E-state index contributed by atoms with van der Waals surface area (Å²) in [6.45, 7) is 0. The van der Waals surface area contributed by atoms with Crippen LogP contribution < -0.4 is 4.74 Å². The van der Waals surface area contributed by atoms with Crippen molar-refractivity contribution in [3.05, 3.63) is 61.1 Å². The van der Waals surface area contributed by atoms with E-state index in [-0.39, 0.29) is 37.8 Å². The van der Waals surface area contributed by atoms with E-state index in [9.17, 15) is 14.9 Å². The number of halogens is 3. The fraction of sp³-hybridized carbons (Fsp3) is 0. The maximum absolute atomic E-state index is 11.0. The highest BCUT2D eigenvalue weighted by atomic mass is 35.5. The van der Waals surface area contributed by atoms with E-state index in [2.05, 4.69) is 0 Å². The van der Waals surface area contributed by atoms with Gasteiger partial charge in [-0.15, -0.1) is 0 Å². The van der Waals surface area contributed by atoms with Gasteiger partial charge >= 0.3 is 5.69 Å². The summed E-state index contributed by atoms with van der Waals surface area (Å²) in [6.07, 6.45) is 0.503. The van der Waals surface area contributed by atoms with E-state index in [0.717, 1.165) is 6.07 Å². The number of carbonyl (C=O) groups excluding carboxylic acids is 1. The van der Waals surface area contributed by atoms with Gasteiger partial charge in [0.1, 0.15) is 12.0 Å². The first-order valence-corrected chi connectivity index (χ1v) is 6.61. The van der Waals surface area contributed by atoms with Gasteiger partial charge in [0.15, 0.2) is 0 Å². The van der Waals surface area contributed by atoms with Gasteiger partial charge in [-0.2, -0.15) is 0 Å². The molecule has 0 atom stereocenters. The Morgan fingerprint density at radius 1 is 1.00 bits per heavy atom. The Kier molecular flexibility index (Phi) is 4.67. The Bertz CT molecular complexity index is 734. The molecule has 0 heterocycles. The highest BCUT2D eigenvalue weighted by Gasteiger charge is 2.18. The first kappa shape index (κ1) is 15.6. The van der Waals surface area contributed by atoms with E-state index in [1.807, 2.05) is 0 Å². The molecule has 108 valence electrons. The fourth-order valence-corrected chi connectivity index (χ4v) is 2.11. The van der Waals surface area contributed by atoms with Crippen molar-refractivity contribution in [2.24, 2.45) is 0 Å². The van der Waals surface area contributed by atoms with Crippen molar-refractivity contribution in [1.29, 1.82) is 0 Å². The number of nitrogens with zero attached hydrogens (tertiary/aromatic N) is 1. The monoisotopic (exact) mass is 345 g/mol. The average molecular weight is 347 g/mol. The van der Waals surface area contributed by atoms with Crippen LogP contribution in [0, 0.1) is 10.1 Å². The molecule has 0 fully saturated rings. The molecular weight excluding hydrogens is 341 g/mol. The number of benzene rings is 2. The second-order valence-electron chi connectivity index (χ2n) is 3.90. The van der Waals surface area contributed by atoms with Crippen LogP contribution >= 0.6 is 34.8 Å². The largest absolute Gasteiger partial charge is 0.449 e. The summed E-state index contributed by atoms with van der Waals surface area (Å²) in [4.78, 5) is 21.0. The summed E-state index contributed by atoms with van der Waals surface area (Å²) < 4.78 is 5.40. The molecule has 2 aromatic rings. The molecule has 0 aromatic heterocycles. The quantitative estimate of drug-likeness (QED) is 0.332. The SMILES string of the molecule is O=Cc1ccc(Oc2cc(Cl)c(Cl)cc2Cl)c([N+](=O)[O-])c1. The lowest BCUT2D eigenvalue weighted by Gasteiger charge is -2.09. The van der Waals surface area contributed by atoms with E-state index < -0.39 is 4.92 Å². The zero-order valence-corrected chi connectivity index (χ0v) is 12.4. The van der Waals surface area contributed by atoms with Crippen LogP contribution in [0.4, 0.5) is 5.69 Å². The van der Waals surface area contributed by atoms with Crippen LogP contribution in [0.3, 0.4) is 0 Å². The summed E-state index contributed by atoms with van der Waals surface area (Å²) in [7, 11) is 0. The van der Waals surface area contributed by atoms with Crippen LogP contribution in [0.5, 0.6) is 11.5 Å². The summed E-state index contributed by atoms with van der Waals surface area (Å²) in [5, 5.41) is 11.6. The summed E-state index contributed by atoms with van der Waals surface area (Å²) >= 11 is 17.6. The Labute approximate surface area is 134 Å². The standard InChI is InChI=1S/C13H6Cl3NO4/c14-8-4-10(16)13(5-9(8)15)21-12-2-1-7(6-18)3-11(12)17(19)20/h1-6H. The molecule has 8 heteroatoms. The van der Waals surface area contributed by atoms with Crippen LogP contribution in [0.15, 0.2) is 30.3 Å². The molecule has 2 rings (SSSR count). The van der Waals surface area contributed by atoms with Crippen molar-refractivity contribution in [3.63, 3.8) is 0 Å². The van der Waals surface area contributed by atoms with Crippen molar-refractivity contribution in [2.75, 3.05) is 0 Å². The number of hydrogen-bond donors (Lipinski definition) is 0. The summed E-state index contributed by atoms with van der Waals surface area (Å²) in [6, 6.07) is 6.52. The molecule has 0 bridgehead atoms. The van der Waals surface area contributed by atoms with Crippen LogP contribution in [0.25, 0.3) is 0 Å². The van der Waals surface area contributed by atoms with Gasteiger partial charge in [-0.25, -0.2) is 0 Å². The second kappa shape index (κ2) is 6.30. The van der Waals surface area contributed by atoms with Crippen LogP contribution in [-0.2, 0) is 0 Å². The van der Waals surface area contributed by atoms with Gasteiger partial charge < -0.3 is 4.74 Å². The highest BCUT2D eigenvalue weighted by Crippen LogP contribution is 2.39. The van der Waals surface area contributed by atoms with Gasteiger partial charge in [-0.05, 0) is 18.2 Å². The maximum atomic E-state index is 11.0. The summed E-state index contributed by atoms with van der Waals surface area (Å²) in [5.41, 5.74) is -0.198. The minimum atomic E-state index is -0.659. The predicted molar refractivity (Wildman–Crippen MR) is 80.0 cm³/mol. The van der Waals surface area contributed by atoms with Gasteiger partial charge in [-0.3, -0.25) is 14.9 Å². The normalized spacial score (nSPS) is 10.2. The van der Waals surface area contributed by atoms with Crippen LogP contribution in [0.1, 0.15) is 10.4 Å². The van der Waals surface area contributed by atoms with E-state index >= 15 is 0 Å². The Morgan fingerprint density at radius 2 is 1.67 bits per heavy atom. The molecule has 0 amide bonds. The third kappa shape index (κ3) is 3.44. The number of nitro benzene ring substituents is 1. The number of rotatable bonds is 4. The molecule has 0 spiro atoms. The van der Waals surface area contributed by atoms with Crippen molar-refractivity contribution in [3.8, 4) is 11.5 Å². The maximum Gasteiger partial charge on any atom is 0.312 e. The Hall–Kier alpha value is -1.82. The van der Waals surface area contributed by atoms with Crippen LogP contribution in [0.2, 0.25) is 15.1 Å². The van der Waals surface area contributed by atoms with Gasteiger partial charge in [0.25, 0.3) is 0 Å². The van der Waals surface area contributed by atoms with Crippen molar-refractivity contribution in [1.82, 2.24) is 0 Å². The van der Waals surface area contributed by atoms with Gasteiger partial charge in [0.2, 0.25) is 5.75 Å². The zero-order chi connectivity index (χ0) is 15.6. The molecule has 0 N–H and O–H groups in total. The number of hydrogen-bond acceptors (Lipinski definition) is 4. The third-order valence-corrected chi connectivity index (χ3v) is 3.53. The highest BCUT2D eigenvalue weighted by molar-refractivity contribution is 6.43. The summed E-state index contributed by atoms with van der Waals surface area (Å²) in [5.74, 6) is 0.0545. The van der Waals surface area contributed by atoms with E-state index in [0.29, 0.717) is 6.29 Å². The Balaban J connectivity index is 2.46. The number of ether oxygens (including phenoxy) is 1. The Morgan fingerprint density at radius 3 is 2.29 bits per heavy atom. The number of carbonyl (C=O) groups is 1. The van der Waals surface area contributed by atoms with E-state index in [1.54, 1.807) is 0 Å². The van der Waals surface area contributed by atoms with E-state index in [4.69, 9.17) is 39.5 Å². The van der Waals surface area contributed by atoms with Gasteiger partial charge in [0.05, 0.1) is 20.0 Å².